The molecule has 0 radical (unpaired) electrons. The monoisotopic (exact) mass is 284 g/mol. The van der Waals surface area contributed by atoms with Crippen LogP contribution < -0.4 is 5.32 Å². The van der Waals surface area contributed by atoms with Crippen LogP contribution >= 0.6 is 0 Å². The van der Waals surface area contributed by atoms with E-state index in [0.29, 0.717) is 16.8 Å². The number of hydrogen-bond donors (Lipinski definition) is 1. The lowest BCUT2D eigenvalue weighted by molar-refractivity contribution is -0.137. The van der Waals surface area contributed by atoms with Crippen LogP contribution in [0.3, 0.4) is 0 Å². The first-order valence-corrected chi connectivity index (χ1v) is 5.73. The SMILES string of the molecule is Cc1nocc1C(=O)NCc1ccc(C(F)(F)F)cc1. The molecule has 106 valence electrons. The Kier molecular flexibility index (Phi) is 3.78. The molecule has 0 unspecified atom stereocenters. The van der Waals surface area contributed by atoms with Gasteiger partial charge < -0.3 is 9.84 Å². The second-order valence-electron chi connectivity index (χ2n) is 4.19. The number of halogens is 3. The molecular weight excluding hydrogens is 273 g/mol. The summed E-state index contributed by atoms with van der Waals surface area (Å²) in [5.74, 6) is -0.386. The van der Waals surface area contributed by atoms with E-state index >= 15 is 0 Å². The van der Waals surface area contributed by atoms with Crippen LogP contribution in [-0.4, -0.2) is 11.1 Å². The summed E-state index contributed by atoms with van der Waals surface area (Å²) in [6, 6.07) is 4.60. The molecule has 1 amide bonds. The van der Waals surface area contributed by atoms with Gasteiger partial charge in [-0.15, -0.1) is 0 Å². The predicted octanol–water partition coefficient (Wildman–Crippen LogP) is 2.93. The van der Waals surface area contributed by atoms with E-state index in [1.165, 1.54) is 18.4 Å². The van der Waals surface area contributed by atoms with E-state index < -0.39 is 11.7 Å². The Balaban J connectivity index is 1.98. The number of alkyl halides is 3. The average Bonchev–Trinajstić information content (AvgIpc) is 2.82. The van der Waals surface area contributed by atoms with Gasteiger partial charge in [-0.3, -0.25) is 4.79 Å². The van der Waals surface area contributed by atoms with Crippen molar-refractivity contribution in [3.63, 3.8) is 0 Å². The molecule has 0 aliphatic carbocycles. The van der Waals surface area contributed by atoms with Crippen molar-refractivity contribution in [3.8, 4) is 0 Å². The molecule has 0 aliphatic rings. The van der Waals surface area contributed by atoms with Crippen molar-refractivity contribution in [2.45, 2.75) is 19.6 Å². The Bertz CT molecular complexity index is 603. The van der Waals surface area contributed by atoms with E-state index in [-0.39, 0.29) is 12.5 Å². The third kappa shape index (κ3) is 3.17. The van der Waals surface area contributed by atoms with Gasteiger partial charge in [0.1, 0.15) is 11.8 Å². The van der Waals surface area contributed by atoms with Gasteiger partial charge in [0.05, 0.1) is 11.3 Å². The molecule has 0 bridgehead atoms. The van der Waals surface area contributed by atoms with Crippen molar-refractivity contribution in [1.82, 2.24) is 10.5 Å². The summed E-state index contributed by atoms with van der Waals surface area (Å²) in [6.07, 6.45) is -3.14. The second kappa shape index (κ2) is 5.36. The molecule has 0 atom stereocenters. The topological polar surface area (TPSA) is 55.1 Å². The molecule has 1 aromatic heterocycles. The summed E-state index contributed by atoms with van der Waals surface area (Å²) in [6.45, 7) is 1.75. The Morgan fingerprint density at radius 1 is 1.30 bits per heavy atom. The van der Waals surface area contributed by atoms with Gasteiger partial charge in [0.2, 0.25) is 0 Å². The quantitative estimate of drug-likeness (QED) is 0.942. The largest absolute Gasteiger partial charge is 0.416 e. The fraction of sp³-hybridized carbons (Fsp3) is 0.231. The first kappa shape index (κ1) is 14.1. The number of hydrogen-bond acceptors (Lipinski definition) is 3. The van der Waals surface area contributed by atoms with Crippen LogP contribution in [0, 0.1) is 6.92 Å². The van der Waals surface area contributed by atoms with E-state index in [4.69, 9.17) is 0 Å². The minimum atomic E-state index is -4.36. The molecule has 0 aliphatic heterocycles. The fourth-order valence-corrected chi connectivity index (χ4v) is 1.60. The van der Waals surface area contributed by atoms with Crippen molar-refractivity contribution in [2.75, 3.05) is 0 Å². The van der Waals surface area contributed by atoms with Crippen LogP contribution in [-0.2, 0) is 12.7 Å². The number of nitrogens with one attached hydrogen (secondary N) is 1. The number of carbonyl (C=O) groups excluding carboxylic acids is 1. The zero-order valence-electron chi connectivity index (χ0n) is 10.5. The van der Waals surface area contributed by atoms with Gasteiger partial charge in [0, 0.05) is 6.54 Å². The van der Waals surface area contributed by atoms with Gasteiger partial charge in [-0.05, 0) is 24.6 Å². The zero-order valence-corrected chi connectivity index (χ0v) is 10.5. The number of carbonyl (C=O) groups is 1. The standard InChI is InChI=1S/C13H11F3N2O2/c1-8-11(7-20-18-8)12(19)17-6-9-2-4-10(5-3-9)13(14,15)16/h2-5,7H,6H2,1H3,(H,17,19). The number of aromatic nitrogens is 1. The maximum atomic E-state index is 12.4. The number of benzene rings is 1. The number of aryl methyl sites for hydroxylation is 1. The Morgan fingerprint density at radius 3 is 2.45 bits per heavy atom. The van der Waals surface area contributed by atoms with Crippen LogP contribution in [0.25, 0.3) is 0 Å². The van der Waals surface area contributed by atoms with Crippen molar-refractivity contribution >= 4 is 5.91 Å². The Morgan fingerprint density at radius 2 is 1.95 bits per heavy atom. The highest BCUT2D eigenvalue weighted by Gasteiger charge is 2.29. The molecular formula is C13H11F3N2O2. The molecule has 2 aromatic rings. The summed E-state index contributed by atoms with van der Waals surface area (Å²) < 4.78 is 41.8. The summed E-state index contributed by atoms with van der Waals surface area (Å²) in [5, 5.41) is 6.15. The summed E-state index contributed by atoms with van der Waals surface area (Å²) in [5.41, 5.74) is 0.606. The molecule has 0 fully saturated rings. The van der Waals surface area contributed by atoms with Crippen LogP contribution in [0.4, 0.5) is 13.2 Å². The van der Waals surface area contributed by atoms with Crippen LogP contribution in [0.5, 0.6) is 0 Å². The van der Waals surface area contributed by atoms with Crippen molar-refractivity contribution in [3.05, 3.63) is 52.9 Å². The molecule has 0 saturated heterocycles. The zero-order chi connectivity index (χ0) is 14.8. The molecule has 1 heterocycles. The van der Waals surface area contributed by atoms with Gasteiger partial charge >= 0.3 is 6.18 Å². The number of nitrogens with zero attached hydrogens (tertiary/aromatic N) is 1. The van der Waals surface area contributed by atoms with Crippen LogP contribution in [0.2, 0.25) is 0 Å². The normalized spacial score (nSPS) is 11.4. The minimum absolute atomic E-state index is 0.127. The van der Waals surface area contributed by atoms with Gasteiger partial charge in [-0.1, -0.05) is 17.3 Å². The lowest BCUT2D eigenvalue weighted by Gasteiger charge is -2.08. The van der Waals surface area contributed by atoms with Crippen molar-refractivity contribution in [2.24, 2.45) is 0 Å². The molecule has 20 heavy (non-hydrogen) atoms. The smallest absolute Gasteiger partial charge is 0.364 e. The fourth-order valence-electron chi connectivity index (χ4n) is 1.60. The van der Waals surface area contributed by atoms with Crippen molar-refractivity contribution in [1.29, 1.82) is 0 Å². The van der Waals surface area contributed by atoms with Crippen molar-refractivity contribution < 1.29 is 22.5 Å². The third-order valence-corrected chi connectivity index (χ3v) is 2.73. The van der Waals surface area contributed by atoms with E-state index in [9.17, 15) is 18.0 Å². The van der Waals surface area contributed by atoms with Gasteiger partial charge in [-0.2, -0.15) is 13.2 Å². The van der Waals surface area contributed by atoms with E-state index in [0.717, 1.165) is 12.1 Å². The second-order valence-corrected chi connectivity index (χ2v) is 4.19. The first-order chi connectivity index (χ1) is 9.38. The highest BCUT2D eigenvalue weighted by atomic mass is 19.4. The molecule has 0 spiro atoms. The molecule has 1 N–H and O–H groups in total. The molecule has 4 nitrogen and oxygen atoms in total. The van der Waals surface area contributed by atoms with Crippen LogP contribution in [0.1, 0.15) is 27.2 Å². The highest BCUT2D eigenvalue weighted by molar-refractivity contribution is 5.94. The summed E-state index contributed by atoms with van der Waals surface area (Å²) in [4.78, 5) is 11.7. The van der Waals surface area contributed by atoms with Gasteiger partial charge in [0.15, 0.2) is 0 Å². The highest BCUT2D eigenvalue weighted by Crippen LogP contribution is 2.29. The maximum Gasteiger partial charge on any atom is 0.416 e. The lowest BCUT2D eigenvalue weighted by atomic mass is 10.1. The summed E-state index contributed by atoms with van der Waals surface area (Å²) >= 11 is 0. The van der Waals surface area contributed by atoms with Gasteiger partial charge in [-0.25, -0.2) is 0 Å². The lowest BCUT2D eigenvalue weighted by Crippen LogP contribution is -2.23. The molecule has 0 saturated carbocycles. The first-order valence-electron chi connectivity index (χ1n) is 5.73. The Labute approximate surface area is 112 Å². The Hall–Kier alpha value is -2.31. The predicted molar refractivity (Wildman–Crippen MR) is 63.9 cm³/mol. The van der Waals surface area contributed by atoms with Crippen LogP contribution in [0.15, 0.2) is 35.1 Å². The van der Waals surface area contributed by atoms with E-state index in [1.54, 1.807) is 6.92 Å². The van der Waals surface area contributed by atoms with E-state index in [1.807, 2.05) is 0 Å². The molecule has 2 rings (SSSR count). The summed E-state index contributed by atoms with van der Waals surface area (Å²) in [7, 11) is 0. The number of rotatable bonds is 3. The third-order valence-electron chi connectivity index (χ3n) is 2.73. The van der Waals surface area contributed by atoms with E-state index in [2.05, 4.69) is 15.0 Å². The molecule has 7 heteroatoms. The maximum absolute atomic E-state index is 12.4. The number of amides is 1. The minimum Gasteiger partial charge on any atom is -0.364 e. The van der Waals surface area contributed by atoms with Gasteiger partial charge in [0.25, 0.3) is 5.91 Å². The average molecular weight is 284 g/mol. The molecule has 1 aromatic carbocycles.